The van der Waals surface area contributed by atoms with Crippen molar-refractivity contribution in [3.8, 4) is 11.3 Å². The number of nitrogens with zero attached hydrogens (tertiary/aromatic N) is 5. The van der Waals surface area contributed by atoms with Gasteiger partial charge in [-0.25, -0.2) is 14.8 Å². The maximum Gasteiger partial charge on any atom is 0.358 e. The normalized spacial score (nSPS) is 13.5. The third-order valence-corrected chi connectivity index (χ3v) is 5.29. The number of fused-ring (bicyclic) bond motifs is 1. The van der Waals surface area contributed by atoms with Crippen LogP contribution in [0.3, 0.4) is 0 Å². The molecule has 0 bridgehead atoms. The fraction of sp³-hybridized carbons (Fsp3) is 0.364. The van der Waals surface area contributed by atoms with Gasteiger partial charge in [0.2, 0.25) is 0 Å². The number of imidazole rings is 1. The van der Waals surface area contributed by atoms with Crippen LogP contribution >= 0.6 is 11.6 Å². The second-order valence-electron chi connectivity index (χ2n) is 7.81. The molecule has 0 unspecified atom stereocenters. The van der Waals surface area contributed by atoms with Gasteiger partial charge in [-0.1, -0.05) is 17.7 Å². The highest BCUT2D eigenvalue weighted by Gasteiger charge is 2.24. The number of carbonyl (C=O) groups excluding carboxylic acids is 1. The van der Waals surface area contributed by atoms with Crippen LogP contribution in [0.2, 0.25) is 5.02 Å². The summed E-state index contributed by atoms with van der Waals surface area (Å²) in [5, 5.41) is 0.565. The van der Waals surface area contributed by atoms with E-state index in [2.05, 4.69) is 25.9 Å². The maximum absolute atomic E-state index is 12.2. The maximum atomic E-state index is 12.2. The lowest BCUT2D eigenvalue weighted by molar-refractivity contribution is 0.0371. The van der Waals surface area contributed by atoms with E-state index in [9.17, 15) is 4.79 Å². The molecule has 0 aromatic carbocycles. The number of esters is 1. The van der Waals surface area contributed by atoms with Gasteiger partial charge in [-0.2, -0.15) is 0 Å². The minimum atomic E-state index is -0.397. The molecule has 0 atom stereocenters. The van der Waals surface area contributed by atoms with Crippen LogP contribution in [0.5, 0.6) is 0 Å². The van der Waals surface area contributed by atoms with E-state index in [1.54, 1.807) is 12.4 Å². The number of halogens is 1. The van der Waals surface area contributed by atoms with Crippen molar-refractivity contribution in [3.63, 3.8) is 0 Å². The molecule has 0 saturated heterocycles. The molecule has 0 saturated carbocycles. The second kappa shape index (κ2) is 8.07. The molecule has 1 aliphatic rings. The summed E-state index contributed by atoms with van der Waals surface area (Å²) in [6.07, 6.45) is 5.09. The molecule has 3 aromatic heterocycles. The van der Waals surface area contributed by atoms with Crippen molar-refractivity contribution >= 4 is 23.4 Å². The Labute approximate surface area is 180 Å². The number of aromatic nitrogens is 4. The molecule has 3 aromatic rings. The van der Waals surface area contributed by atoms with Gasteiger partial charge in [0.25, 0.3) is 0 Å². The molecule has 156 valence electrons. The highest BCUT2D eigenvalue weighted by Crippen LogP contribution is 2.32. The predicted octanol–water partition coefficient (Wildman–Crippen LogP) is 4.20. The van der Waals surface area contributed by atoms with E-state index in [-0.39, 0.29) is 6.10 Å². The lowest BCUT2D eigenvalue weighted by atomic mass is 10.1. The Morgan fingerprint density at radius 3 is 2.70 bits per heavy atom. The average Bonchev–Trinajstić information content (AvgIpc) is 3.12. The standard InChI is InChI=1S/C22H24ClN5O2/c1-13(2)30-22(29)18-11-27-5-6-28(12-20(27)26-18)19-8-16(17(23)10-24-19)21-15(4)7-14(3)9-25-21/h7-11,13H,5-6,12H2,1-4H3. The van der Waals surface area contributed by atoms with Gasteiger partial charge in [0.05, 0.1) is 23.4 Å². The molecule has 0 radical (unpaired) electrons. The smallest absolute Gasteiger partial charge is 0.358 e. The average molecular weight is 426 g/mol. The lowest BCUT2D eigenvalue weighted by Crippen LogP contribution is -2.34. The zero-order chi connectivity index (χ0) is 21.4. The molecule has 4 heterocycles. The molecule has 4 rings (SSSR count). The summed E-state index contributed by atoms with van der Waals surface area (Å²) in [4.78, 5) is 27.9. The van der Waals surface area contributed by atoms with Crippen LogP contribution in [-0.4, -0.2) is 38.1 Å². The zero-order valence-electron chi connectivity index (χ0n) is 17.5. The van der Waals surface area contributed by atoms with Crippen LogP contribution in [0, 0.1) is 13.8 Å². The topological polar surface area (TPSA) is 73.1 Å². The Hall–Kier alpha value is -2.93. The SMILES string of the molecule is Cc1cnc(-c2cc(N3CCn4cc(C(=O)OC(C)C)nc4C3)ncc2Cl)c(C)c1. The third kappa shape index (κ3) is 4.03. The Bertz CT molecular complexity index is 1110. The summed E-state index contributed by atoms with van der Waals surface area (Å²) < 4.78 is 7.26. The second-order valence-corrected chi connectivity index (χ2v) is 8.22. The highest BCUT2D eigenvalue weighted by molar-refractivity contribution is 6.33. The van der Waals surface area contributed by atoms with E-state index in [1.807, 2.05) is 44.5 Å². The number of anilines is 1. The largest absolute Gasteiger partial charge is 0.458 e. The fourth-order valence-corrected chi connectivity index (χ4v) is 3.79. The van der Waals surface area contributed by atoms with Gasteiger partial charge in [-0.15, -0.1) is 0 Å². The summed E-state index contributed by atoms with van der Waals surface area (Å²) in [6.45, 7) is 9.69. The minimum absolute atomic E-state index is 0.178. The van der Waals surface area contributed by atoms with Crippen molar-refractivity contribution in [3.05, 3.63) is 58.4 Å². The summed E-state index contributed by atoms with van der Waals surface area (Å²) in [5.41, 5.74) is 4.22. The molecule has 0 spiro atoms. The Morgan fingerprint density at radius 2 is 1.97 bits per heavy atom. The van der Waals surface area contributed by atoms with E-state index < -0.39 is 5.97 Å². The Morgan fingerprint density at radius 1 is 1.17 bits per heavy atom. The van der Waals surface area contributed by atoms with Gasteiger partial charge in [-0.3, -0.25) is 4.98 Å². The molecule has 0 amide bonds. The summed E-state index contributed by atoms with van der Waals surface area (Å²) in [5.74, 6) is 1.21. The first-order valence-electron chi connectivity index (χ1n) is 9.93. The minimum Gasteiger partial charge on any atom is -0.458 e. The monoisotopic (exact) mass is 425 g/mol. The first-order chi connectivity index (χ1) is 14.3. The van der Waals surface area contributed by atoms with Crippen LogP contribution in [0.1, 0.15) is 41.3 Å². The van der Waals surface area contributed by atoms with Crippen molar-refractivity contribution in [2.24, 2.45) is 0 Å². The Kier molecular flexibility index (Phi) is 5.47. The number of carbonyl (C=O) groups is 1. The van der Waals surface area contributed by atoms with Gasteiger partial charge in [0.1, 0.15) is 11.6 Å². The van der Waals surface area contributed by atoms with Crippen molar-refractivity contribution in [2.45, 2.75) is 46.9 Å². The molecule has 8 heteroatoms. The van der Waals surface area contributed by atoms with Crippen LogP contribution in [0.25, 0.3) is 11.3 Å². The fourth-order valence-electron chi connectivity index (χ4n) is 3.60. The lowest BCUT2D eigenvalue weighted by Gasteiger charge is -2.29. The van der Waals surface area contributed by atoms with Gasteiger partial charge in [0, 0.05) is 37.2 Å². The number of hydrogen-bond donors (Lipinski definition) is 0. The number of pyridine rings is 2. The molecule has 0 aliphatic carbocycles. The number of ether oxygens (including phenoxy) is 1. The van der Waals surface area contributed by atoms with E-state index in [1.165, 1.54) is 0 Å². The van der Waals surface area contributed by atoms with Crippen molar-refractivity contribution in [2.75, 3.05) is 11.4 Å². The number of rotatable bonds is 4. The van der Waals surface area contributed by atoms with Crippen molar-refractivity contribution < 1.29 is 9.53 Å². The molecular weight excluding hydrogens is 402 g/mol. The zero-order valence-corrected chi connectivity index (χ0v) is 18.3. The van der Waals surface area contributed by atoms with Crippen LogP contribution in [0.4, 0.5) is 5.82 Å². The van der Waals surface area contributed by atoms with Crippen LogP contribution < -0.4 is 4.90 Å². The summed E-state index contributed by atoms with van der Waals surface area (Å²) in [6, 6.07) is 4.06. The van der Waals surface area contributed by atoms with Gasteiger partial charge < -0.3 is 14.2 Å². The first kappa shape index (κ1) is 20.3. The van der Waals surface area contributed by atoms with Crippen molar-refractivity contribution in [1.82, 2.24) is 19.5 Å². The molecule has 1 aliphatic heterocycles. The first-order valence-corrected chi connectivity index (χ1v) is 10.3. The molecule has 0 fully saturated rings. The van der Waals surface area contributed by atoms with Gasteiger partial charge in [0.15, 0.2) is 5.69 Å². The van der Waals surface area contributed by atoms with Crippen LogP contribution in [-0.2, 0) is 17.8 Å². The molecule has 7 nitrogen and oxygen atoms in total. The Balaban J connectivity index is 1.61. The number of aryl methyl sites for hydroxylation is 2. The third-order valence-electron chi connectivity index (χ3n) is 4.99. The van der Waals surface area contributed by atoms with E-state index in [0.717, 1.165) is 40.6 Å². The van der Waals surface area contributed by atoms with E-state index >= 15 is 0 Å². The molecular formula is C22H24ClN5O2. The molecule has 30 heavy (non-hydrogen) atoms. The summed E-state index contributed by atoms with van der Waals surface area (Å²) in [7, 11) is 0. The van der Waals surface area contributed by atoms with Crippen molar-refractivity contribution in [1.29, 1.82) is 0 Å². The number of hydrogen-bond acceptors (Lipinski definition) is 6. The molecule has 0 N–H and O–H groups in total. The summed E-state index contributed by atoms with van der Waals surface area (Å²) >= 11 is 6.45. The van der Waals surface area contributed by atoms with E-state index in [4.69, 9.17) is 16.3 Å². The van der Waals surface area contributed by atoms with Gasteiger partial charge in [-0.05, 0) is 44.9 Å². The predicted molar refractivity (Wildman–Crippen MR) is 116 cm³/mol. The highest BCUT2D eigenvalue weighted by atomic mass is 35.5. The van der Waals surface area contributed by atoms with E-state index in [0.29, 0.717) is 23.8 Å². The quantitative estimate of drug-likeness (QED) is 0.583. The van der Waals surface area contributed by atoms with Gasteiger partial charge >= 0.3 is 5.97 Å². The van der Waals surface area contributed by atoms with Crippen LogP contribution in [0.15, 0.2) is 30.7 Å².